The van der Waals surface area contributed by atoms with Gasteiger partial charge in [0, 0.05) is 13.1 Å². The second-order valence-corrected chi connectivity index (χ2v) is 6.48. The third kappa shape index (κ3) is 2.68. The lowest BCUT2D eigenvalue weighted by atomic mass is 9.84. The Morgan fingerprint density at radius 3 is 2.82 bits per heavy atom. The van der Waals surface area contributed by atoms with Crippen molar-refractivity contribution < 1.29 is 4.79 Å². The molecule has 0 spiro atoms. The lowest BCUT2D eigenvalue weighted by Gasteiger charge is -2.37. The average molecular weight is 252 g/mol. The number of hydrogen-bond donors (Lipinski definition) is 0. The Kier molecular flexibility index (Phi) is 3.52. The molecule has 1 saturated heterocycles. The van der Waals surface area contributed by atoms with Gasteiger partial charge in [0.15, 0.2) is 11.4 Å². The molecule has 17 heavy (non-hydrogen) atoms. The Morgan fingerprint density at radius 2 is 2.29 bits per heavy atom. The van der Waals surface area contributed by atoms with Gasteiger partial charge in [-0.2, -0.15) is 0 Å². The minimum absolute atomic E-state index is 0.359. The van der Waals surface area contributed by atoms with E-state index in [-0.39, 0.29) is 0 Å². The second-order valence-electron chi connectivity index (χ2n) is 5.47. The molecule has 0 radical (unpaired) electrons. The van der Waals surface area contributed by atoms with Crippen LogP contribution in [0, 0.1) is 5.41 Å². The molecule has 1 aliphatic heterocycles. The Balaban J connectivity index is 2.22. The van der Waals surface area contributed by atoms with Crippen LogP contribution < -0.4 is 4.90 Å². The maximum Gasteiger partial charge on any atom is 0.186 e. The quantitative estimate of drug-likeness (QED) is 0.775. The minimum atomic E-state index is 0.359. The van der Waals surface area contributed by atoms with Crippen LogP contribution in [0.5, 0.6) is 0 Å². The molecule has 2 heterocycles. The number of carbonyl (C=O) groups is 1. The summed E-state index contributed by atoms with van der Waals surface area (Å²) < 4.78 is 0. The number of aryl methyl sites for hydroxylation is 1. The van der Waals surface area contributed by atoms with E-state index in [0.29, 0.717) is 5.41 Å². The molecule has 0 bridgehead atoms. The van der Waals surface area contributed by atoms with Gasteiger partial charge in [0.1, 0.15) is 0 Å². The van der Waals surface area contributed by atoms with E-state index in [2.05, 4.69) is 23.7 Å². The highest BCUT2D eigenvalue weighted by atomic mass is 32.1. The van der Waals surface area contributed by atoms with Gasteiger partial charge in [0.25, 0.3) is 0 Å². The normalized spacial score (nSPS) is 19.4. The van der Waals surface area contributed by atoms with E-state index in [0.717, 1.165) is 41.5 Å². The molecule has 1 fully saturated rings. The Bertz CT molecular complexity index is 412. The highest BCUT2D eigenvalue weighted by Crippen LogP contribution is 2.34. The fraction of sp³-hybridized carbons (Fsp3) is 0.692. The van der Waals surface area contributed by atoms with Crippen LogP contribution >= 0.6 is 11.3 Å². The van der Waals surface area contributed by atoms with Crippen LogP contribution in [-0.4, -0.2) is 24.4 Å². The lowest BCUT2D eigenvalue weighted by molar-refractivity contribution is 0.112. The molecule has 0 saturated carbocycles. The van der Waals surface area contributed by atoms with E-state index in [1.54, 1.807) is 0 Å². The molecule has 3 nitrogen and oxygen atoms in total. The van der Waals surface area contributed by atoms with Crippen LogP contribution in [-0.2, 0) is 6.42 Å². The molecule has 0 amide bonds. The number of carbonyl (C=O) groups excluding carboxylic acids is 1. The summed E-state index contributed by atoms with van der Waals surface area (Å²) in [6.45, 7) is 8.76. The maximum absolute atomic E-state index is 11.0. The molecule has 1 aromatic rings. The van der Waals surface area contributed by atoms with Gasteiger partial charge in [0.2, 0.25) is 0 Å². The van der Waals surface area contributed by atoms with E-state index in [9.17, 15) is 4.79 Å². The van der Waals surface area contributed by atoms with Crippen LogP contribution in [0.25, 0.3) is 0 Å². The molecule has 94 valence electrons. The predicted octanol–water partition coefficient (Wildman–Crippen LogP) is 3.14. The topological polar surface area (TPSA) is 33.2 Å². The smallest absolute Gasteiger partial charge is 0.186 e. The molecule has 0 atom stereocenters. The Morgan fingerprint density at radius 1 is 1.53 bits per heavy atom. The molecular weight excluding hydrogens is 232 g/mol. The van der Waals surface area contributed by atoms with Crippen molar-refractivity contribution in [1.82, 2.24) is 4.98 Å². The van der Waals surface area contributed by atoms with Gasteiger partial charge >= 0.3 is 0 Å². The fourth-order valence-electron chi connectivity index (χ4n) is 2.42. The van der Waals surface area contributed by atoms with Gasteiger partial charge in [-0.3, -0.25) is 4.79 Å². The average Bonchev–Trinajstić information content (AvgIpc) is 2.70. The summed E-state index contributed by atoms with van der Waals surface area (Å²) in [5, 5.41) is 1.02. The molecule has 2 rings (SSSR count). The van der Waals surface area contributed by atoms with Crippen LogP contribution in [0.3, 0.4) is 0 Å². The number of thiazole rings is 1. The van der Waals surface area contributed by atoms with Crippen molar-refractivity contribution in [3.8, 4) is 0 Å². The summed E-state index contributed by atoms with van der Waals surface area (Å²) in [6.07, 6.45) is 4.26. The van der Waals surface area contributed by atoms with Crippen LogP contribution in [0.1, 0.15) is 49.0 Å². The first-order valence-electron chi connectivity index (χ1n) is 6.25. The number of aldehydes is 1. The van der Waals surface area contributed by atoms with Crippen molar-refractivity contribution in [2.75, 3.05) is 18.0 Å². The molecule has 0 unspecified atom stereocenters. The van der Waals surface area contributed by atoms with Crippen LogP contribution in [0.15, 0.2) is 0 Å². The molecule has 0 N–H and O–H groups in total. The predicted molar refractivity (Wildman–Crippen MR) is 72.1 cm³/mol. The number of nitrogens with zero attached hydrogens (tertiary/aromatic N) is 2. The van der Waals surface area contributed by atoms with Crippen LogP contribution in [0.4, 0.5) is 5.13 Å². The molecule has 0 aromatic carbocycles. The van der Waals surface area contributed by atoms with E-state index in [4.69, 9.17) is 0 Å². The van der Waals surface area contributed by atoms with Crippen LogP contribution in [0.2, 0.25) is 0 Å². The van der Waals surface area contributed by atoms with E-state index >= 15 is 0 Å². The zero-order valence-electron chi connectivity index (χ0n) is 10.8. The van der Waals surface area contributed by atoms with Gasteiger partial charge < -0.3 is 4.90 Å². The van der Waals surface area contributed by atoms with Crippen molar-refractivity contribution >= 4 is 22.8 Å². The molecule has 1 aliphatic rings. The van der Waals surface area contributed by atoms with Crippen molar-refractivity contribution in [1.29, 1.82) is 0 Å². The zero-order valence-corrected chi connectivity index (χ0v) is 11.6. The summed E-state index contributed by atoms with van der Waals surface area (Å²) in [5.41, 5.74) is 1.31. The largest absolute Gasteiger partial charge is 0.348 e. The van der Waals surface area contributed by atoms with Gasteiger partial charge in [-0.15, -0.1) is 0 Å². The number of piperidine rings is 1. The third-order valence-corrected chi connectivity index (χ3v) is 4.41. The van der Waals surface area contributed by atoms with E-state index < -0.39 is 0 Å². The summed E-state index contributed by atoms with van der Waals surface area (Å²) in [7, 11) is 0. The number of anilines is 1. The first-order chi connectivity index (χ1) is 8.05. The van der Waals surface area contributed by atoms with Gasteiger partial charge in [-0.05, 0) is 24.7 Å². The highest BCUT2D eigenvalue weighted by molar-refractivity contribution is 7.17. The highest BCUT2D eigenvalue weighted by Gasteiger charge is 2.28. The summed E-state index contributed by atoms with van der Waals surface area (Å²) in [5.74, 6) is 0. The van der Waals surface area contributed by atoms with Crippen molar-refractivity contribution in [3.63, 3.8) is 0 Å². The molecule has 0 aliphatic carbocycles. The number of rotatable bonds is 3. The van der Waals surface area contributed by atoms with Gasteiger partial charge in [0.05, 0.1) is 10.6 Å². The zero-order chi connectivity index (χ0) is 12.5. The summed E-state index contributed by atoms with van der Waals surface area (Å²) in [4.78, 5) is 18.7. The standard InChI is InChI=1S/C13H20N2OS/c1-4-10-11(8-16)17-12(14-10)15-7-5-6-13(2,3)9-15/h8H,4-7,9H2,1-3H3. The fourth-order valence-corrected chi connectivity index (χ4v) is 3.41. The summed E-state index contributed by atoms with van der Waals surface area (Å²) in [6, 6.07) is 0. The monoisotopic (exact) mass is 252 g/mol. The summed E-state index contributed by atoms with van der Waals surface area (Å²) >= 11 is 1.54. The molecule has 1 aromatic heterocycles. The Labute approximate surface area is 107 Å². The SMILES string of the molecule is CCc1nc(N2CCCC(C)(C)C2)sc1C=O. The van der Waals surface area contributed by atoms with Gasteiger partial charge in [-0.1, -0.05) is 32.1 Å². The second kappa shape index (κ2) is 4.77. The van der Waals surface area contributed by atoms with Crippen molar-refractivity contribution in [2.45, 2.75) is 40.0 Å². The number of aromatic nitrogens is 1. The molecular formula is C13H20N2OS. The van der Waals surface area contributed by atoms with Crippen molar-refractivity contribution in [2.24, 2.45) is 5.41 Å². The number of hydrogen-bond acceptors (Lipinski definition) is 4. The Hall–Kier alpha value is -0.900. The lowest BCUT2D eigenvalue weighted by Crippen LogP contribution is -2.40. The van der Waals surface area contributed by atoms with E-state index in [1.807, 2.05) is 6.92 Å². The first kappa shape index (κ1) is 12.6. The maximum atomic E-state index is 11.0. The van der Waals surface area contributed by atoms with Gasteiger partial charge in [-0.25, -0.2) is 4.98 Å². The minimum Gasteiger partial charge on any atom is -0.348 e. The first-order valence-corrected chi connectivity index (χ1v) is 7.07. The van der Waals surface area contributed by atoms with Crippen molar-refractivity contribution in [3.05, 3.63) is 10.6 Å². The molecule has 4 heteroatoms. The van der Waals surface area contributed by atoms with E-state index in [1.165, 1.54) is 24.2 Å². The third-order valence-electron chi connectivity index (χ3n) is 3.33.